The molecule has 1 saturated heterocycles. The lowest BCUT2D eigenvalue weighted by molar-refractivity contribution is -0.00540. The van der Waals surface area contributed by atoms with Crippen molar-refractivity contribution in [3.05, 3.63) is 54.3 Å². The molecular weight excluding hydrogens is 317 g/mol. The molecule has 0 unspecified atom stereocenters. The summed E-state index contributed by atoms with van der Waals surface area (Å²) < 4.78 is 19.1. The van der Waals surface area contributed by atoms with Gasteiger partial charge in [-0.05, 0) is 38.1 Å². The van der Waals surface area contributed by atoms with Gasteiger partial charge in [-0.2, -0.15) is 0 Å². The van der Waals surface area contributed by atoms with Crippen molar-refractivity contribution in [3.8, 4) is 11.3 Å². The number of anilines is 1. The SMILES string of the molecule is C[C@H]1CN(c2nnc(-c3ccc(F)cc3)c3ccccc23)C[C@H](C)O1. The lowest BCUT2D eigenvalue weighted by Gasteiger charge is -2.36. The van der Waals surface area contributed by atoms with Gasteiger partial charge < -0.3 is 9.64 Å². The Bertz CT molecular complexity index is 887. The average molecular weight is 337 g/mol. The van der Waals surface area contributed by atoms with E-state index >= 15 is 0 Å². The summed E-state index contributed by atoms with van der Waals surface area (Å²) in [5.41, 5.74) is 1.63. The fraction of sp³-hybridized carbons (Fsp3) is 0.300. The molecule has 25 heavy (non-hydrogen) atoms. The van der Waals surface area contributed by atoms with E-state index < -0.39 is 0 Å². The predicted octanol–water partition coefficient (Wildman–Crippen LogP) is 4.05. The Kier molecular flexibility index (Phi) is 4.09. The van der Waals surface area contributed by atoms with E-state index in [0.29, 0.717) is 0 Å². The van der Waals surface area contributed by atoms with Crippen LogP contribution in [-0.4, -0.2) is 35.5 Å². The third-order valence-electron chi connectivity index (χ3n) is 4.50. The van der Waals surface area contributed by atoms with Gasteiger partial charge in [-0.3, -0.25) is 0 Å². The van der Waals surface area contributed by atoms with E-state index in [-0.39, 0.29) is 18.0 Å². The molecule has 1 aromatic heterocycles. The lowest BCUT2D eigenvalue weighted by atomic mass is 10.0. The molecular formula is C20H20FN3O. The molecule has 0 spiro atoms. The predicted molar refractivity (Wildman–Crippen MR) is 97.2 cm³/mol. The van der Waals surface area contributed by atoms with E-state index in [1.54, 1.807) is 12.1 Å². The van der Waals surface area contributed by atoms with Crippen LogP contribution in [0, 0.1) is 5.82 Å². The largest absolute Gasteiger partial charge is 0.372 e. The first-order valence-corrected chi connectivity index (χ1v) is 8.53. The molecule has 0 radical (unpaired) electrons. The van der Waals surface area contributed by atoms with Gasteiger partial charge >= 0.3 is 0 Å². The molecule has 2 aromatic carbocycles. The molecule has 0 aliphatic carbocycles. The summed E-state index contributed by atoms with van der Waals surface area (Å²) in [6, 6.07) is 14.5. The molecule has 0 saturated carbocycles. The van der Waals surface area contributed by atoms with Crippen LogP contribution >= 0.6 is 0 Å². The normalized spacial score (nSPS) is 20.8. The first-order valence-electron chi connectivity index (χ1n) is 8.53. The van der Waals surface area contributed by atoms with Crippen molar-refractivity contribution in [2.24, 2.45) is 0 Å². The van der Waals surface area contributed by atoms with Crippen LogP contribution in [0.25, 0.3) is 22.0 Å². The standard InChI is InChI=1S/C20H20FN3O/c1-13-11-24(12-14(2)25-13)20-18-6-4-3-5-17(18)19(22-23-20)15-7-9-16(21)10-8-15/h3-10,13-14H,11-12H2,1-2H3/t13-,14-/m0/s1. The summed E-state index contributed by atoms with van der Waals surface area (Å²) in [7, 11) is 0. The highest BCUT2D eigenvalue weighted by molar-refractivity contribution is 6.00. The van der Waals surface area contributed by atoms with Gasteiger partial charge in [0.15, 0.2) is 5.82 Å². The third kappa shape index (κ3) is 3.07. The Morgan fingerprint density at radius 1 is 0.920 bits per heavy atom. The number of halogens is 1. The van der Waals surface area contributed by atoms with Crippen molar-refractivity contribution >= 4 is 16.6 Å². The average Bonchev–Trinajstić information content (AvgIpc) is 2.61. The maximum absolute atomic E-state index is 13.2. The molecule has 2 heterocycles. The van der Waals surface area contributed by atoms with Crippen LogP contribution in [0.1, 0.15) is 13.8 Å². The fourth-order valence-electron chi connectivity index (χ4n) is 3.50. The number of rotatable bonds is 2. The van der Waals surface area contributed by atoms with Crippen molar-refractivity contribution in [3.63, 3.8) is 0 Å². The van der Waals surface area contributed by atoms with Crippen LogP contribution in [0.4, 0.5) is 10.2 Å². The zero-order valence-corrected chi connectivity index (χ0v) is 14.3. The van der Waals surface area contributed by atoms with Crippen LogP contribution in [0.5, 0.6) is 0 Å². The minimum absolute atomic E-state index is 0.154. The first kappa shape index (κ1) is 16.0. The topological polar surface area (TPSA) is 38.2 Å². The summed E-state index contributed by atoms with van der Waals surface area (Å²) >= 11 is 0. The van der Waals surface area contributed by atoms with Gasteiger partial charge in [-0.15, -0.1) is 10.2 Å². The summed E-state index contributed by atoms with van der Waals surface area (Å²) in [5.74, 6) is 0.623. The number of ether oxygens (including phenoxy) is 1. The van der Waals surface area contributed by atoms with E-state index in [9.17, 15) is 4.39 Å². The van der Waals surface area contributed by atoms with E-state index in [1.165, 1.54) is 12.1 Å². The number of hydrogen-bond donors (Lipinski definition) is 0. The van der Waals surface area contributed by atoms with Gasteiger partial charge in [0.2, 0.25) is 0 Å². The summed E-state index contributed by atoms with van der Waals surface area (Å²) in [5, 5.41) is 11.1. The zero-order chi connectivity index (χ0) is 17.4. The highest BCUT2D eigenvalue weighted by Gasteiger charge is 2.25. The van der Waals surface area contributed by atoms with Crippen LogP contribution in [0.3, 0.4) is 0 Å². The second-order valence-corrected chi connectivity index (χ2v) is 6.59. The number of nitrogens with zero attached hydrogens (tertiary/aromatic N) is 3. The summed E-state index contributed by atoms with van der Waals surface area (Å²) in [6.45, 7) is 5.73. The Balaban J connectivity index is 1.83. The minimum atomic E-state index is -0.256. The Morgan fingerprint density at radius 2 is 1.56 bits per heavy atom. The molecule has 1 aliphatic heterocycles. The van der Waals surface area contributed by atoms with E-state index in [4.69, 9.17) is 4.74 Å². The molecule has 0 N–H and O–H groups in total. The summed E-state index contributed by atoms with van der Waals surface area (Å²) in [4.78, 5) is 2.24. The Hall–Kier alpha value is -2.53. The molecule has 5 heteroatoms. The third-order valence-corrected chi connectivity index (χ3v) is 4.50. The number of morpholine rings is 1. The molecule has 1 fully saturated rings. The number of fused-ring (bicyclic) bond motifs is 1. The van der Waals surface area contributed by atoms with Gasteiger partial charge in [0.25, 0.3) is 0 Å². The highest BCUT2D eigenvalue weighted by atomic mass is 19.1. The van der Waals surface area contributed by atoms with E-state index in [2.05, 4.69) is 35.0 Å². The molecule has 4 rings (SSSR count). The van der Waals surface area contributed by atoms with Crippen LogP contribution in [-0.2, 0) is 4.74 Å². The van der Waals surface area contributed by atoms with E-state index in [0.717, 1.165) is 40.9 Å². The number of benzene rings is 2. The van der Waals surface area contributed by atoms with Crippen molar-refractivity contribution < 1.29 is 9.13 Å². The molecule has 2 atom stereocenters. The van der Waals surface area contributed by atoms with Gasteiger partial charge in [-0.1, -0.05) is 24.3 Å². The maximum atomic E-state index is 13.2. The monoisotopic (exact) mass is 337 g/mol. The van der Waals surface area contributed by atoms with Crippen molar-refractivity contribution in [2.45, 2.75) is 26.1 Å². The van der Waals surface area contributed by atoms with Gasteiger partial charge in [0.1, 0.15) is 11.5 Å². The van der Waals surface area contributed by atoms with E-state index in [1.807, 2.05) is 18.2 Å². The van der Waals surface area contributed by atoms with Crippen LogP contribution in [0.15, 0.2) is 48.5 Å². The minimum Gasteiger partial charge on any atom is -0.372 e. The Morgan fingerprint density at radius 3 is 2.24 bits per heavy atom. The van der Waals surface area contributed by atoms with Crippen LogP contribution < -0.4 is 4.90 Å². The number of aromatic nitrogens is 2. The molecule has 3 aromatic rings. The second kappa shape index (κ2) is 6.41. The molecule has 0 bridgehead atoms. The van der Waals surface area contributed by atoms with Crippen molar-refractivity contribution in [1.29, 1.82) is 0 Å². The molecule has 4 nitrogen and oxygen atoms in total. The molecule has 0 amide bonds. The van der Waals surface area contributed by atoms with Gasteiger partial charge in [0.05, 0.1) is 12.2 Å². The highest BCUT2D eigenvalue weighted by Crippen LogP contribution is 2.32. The van der Waals surface area contributed by atoms with Gasteiger partial charge in [-0.25, -0.2) is 4.39 Å². The van der Waals surface area contributed by atoms with Crippen LogP contribution in [0.2, 0.25) is 0 Å². The molecule has 128 valence electrons. The maximum Gasteiger partial charge on any atom is 0.159 e. The molecule has 1 aliphatic rings. The fourth-order valence-corrected chi connectivity index (χ4v) is 3.50. The van der Waals surface area contributed by atoms with Crippen molar-refractivity contribution in [1.82, 2.24) is 10.2 Å². The second-order valence-electron chi connectivity index (χ2n) is 6.59. The zero-order valence-electron chi connectivity index (χ0n) is 14.3. The lowest BCUT2D eigenvalue weighted by Crippen LogP contribution is -2.46. The quantitative estimate of drug-likeness (QED) is 0.707. The summed E-state index contributed by atoms with van der Waals surface area (Å²) in [6.07, 6.45) is 0.308. The smallest absolute Gasteiger partial charge is 0.159 e. The Labute approximate surface area is 146 Å². The van der Waals surface area contributed by atoms with Gasteiger partial charge in [0, 0.05) is 29.4 Å². The first-order chi connectivity index (χ1) is 12.1. The van der Waals surface area contributed by atoms with Crippen molar-refractivity contribution in [2.75, 3.05) is 18.0 Å². The number of hydrogen-bond acceptors (Lipinski definition) is 4.